The van der Waals surface area contributed by atoms with Gasteiger partial charge < -0.3 is 14.1 Å². The van der Waals surface area contributed by atoms with Gasteiger partial charge in [-0.15, -0.1) is 0 Å². The van der Waals surface area contributed by atoms with E-state index >= 15 is 0 Å². The number of hydrogen-bond donors (Lipinski definition) is 1. The highest BCUT2D eigenvalue weighted by Gasteiger charge is 2.29. The second-order valence-electron chi connectivity index (χ2n) is 8.95. The number of nitrogens with one attached hydrogen (secondary N) is 1. The van der Waals surface area contributed by atoms with Gasteiger partial charge in [-0.1, -0.05) is 0 Å². The van der Waals surface area contributed by atoms with Gasteiger partial charge in [-0.25, -0.2) is 5.43 Å². The number of rotatable bonds is 8. The summed E-state index contributed by atoms with van der Waals surface area (Å²) in [5, 5.41) is 14.7. The molecule has 1 aliphatic rings. The number of hydrazone groups is 1. The van der Waals surface area contributed by atoms with Crippen LogP contribution in [0.3, 0.4) is 0 Å². The van der Waals surface area contributed by atoms with E-state index in [1.807, 2.05) is 4.90 Å². The summed E-state index contributed by atoms with van der Waals surface area (Å²) in [6, 6.07) is 16.2. The summed E-state index contributed by atoms with van der Waals surface area (Å²) in [5.41, 5.74) is 3.48. The topological polar surface area (TPSA) is 127 Å². The number of furan rings is 1. The third-order valence-corrected chi connectivity index (χ3v) is 6.31. The van der Waals surface area contributed by atoms with Crippen LogP contribution < -0.4 is 10.2 Å². The molecule has 2 unspecified atom stereocenters. The maximum absolute atomic E-state index is 12.6. The zero-order valence-corrected chi connectivity index (χ0v) is 20.6. The van der Waals surface area contributed by atoms with Crippen molar-refractivity contribution in [3.05, 3.63) is 82.1 Å². The zero-order chi connectivity index (χ0) is 26.4. The SMILES string of the molecule is CC1CCCC(C)N1C(=O)COc1ccc(C(=O)N/N=C/c2ccc(-c3ccc([N+](=O)[O-])cc3)o2)cc1. The molecule has 1 aromatic heterocycles. The van der Waals surface area contributed by atoms with E-state index in [1.54, 1.807) is 48.5 Å². The molecule has 1 fully saturated rings. The Hall–Kier alpha value is -4.47. The van der Waals surface area contributed by atoms with Crippen molar-refractivity contribution in [2.24, 2.45) is 5.10 Å². The van der Waals surface area contributed by atoms with Crippen molar-refractivity contribution in [3.63, 3.8) is 0 Å². The molecule has 1 N–H and O–H groups in total. The molecule has 10 nitrogen and oxygen atoms in total. The standard InChI is InChI=1S/C27H28N4O6/c1-18-4-3-5-19(2)30(18)26(32)17-36-23-12-8-21(9-13-23)27(33)29-28-16-24-14-15-25(37-24)20-6-10-22(11-7-20)31(34)35/h6-16,18-19H,3-5,17H2,1-2H3,(H,29,33)/b28-16+. The number of amides is 2. The van der Waals surface area contributed by atoms with Crippen LogP contribution in [-0.2, 0) is 4.79 Å². The van der Waals surface area contributed by atoms with Crippen LogP contribution in [0.2, 0.25) is 0 Å². The molecule has 2 amide bonds. The number of likely N-dealkylation sites (tertiary alicyclic amines) is 1. The molecule has 4 rings (SSSR count). The Kier molecular flexibility index (Phi) is 7.97. The summed E-state index contributed by atoms with van der Waals surface area (Å²) in [6.45, 7) is 4.08. The Morgan fingerprint density at radius 1 is 1.08 bits per heavy atom. The van der Waals surface area contributed by atoms with Crippen molar-refractivity contribution in [1.29, 1.82) is 0 Å². The largest absolute Gasteiger partial charge is 0.484 e. The molecule has 3 aromatic rings. The van der Waals surface area contributed by atoms with Gasteiger partial charge in [0.25, 0.3) is 17.5 Å². The number of hydrogen-bond acceptors (Lipinski definition) is 7. The molecule has 1 aliphatic heterocycles. The Balaban J connectivity index is 1.27. The van der Waals surface area contributed by atoms with Gasteiger partial charge in [-0.2, -0.15) is 5.10 Å². The van der Waals surface area contributed by atoms with E-state index in [-0.39, 0.29) is 30.3 Å². The number of piperidine rings is 1. The molecule has 0 bridgehead atoms. The molecule has 2 atom stereocenters. The predicted molar refractivity (Wildman–Crippen MR) is 137 cm³/mol. The summed E-state index contributed by atoms with van der Waals surface area (Å²) in [4.78, 5) is 37.2. The Morgan fingerprint density at radius 3 is 2.41 bits per heavy atom. The normalized spacial score (nSPS) is 17.5. The van der Waals surface area contributed by atoms with Gasteiger partial charge in [-0.3, -0.25) is 19.7 Å². The highest BCUT2D eigenvalue weighted by atomic mass is 16.6. The number of nitro groups is 1. The molecule has 0 aliphatic carbocycles. The molecule has 0 radical (unpaired) electrons. The van der Waals surface area contributed by atoms with E-state index in [4.69, 9.17) is 9.15 Å². The molecule has 0 spiro atoms. The van der Waals surface area contributed by atoms with Crippen molar-refractivity contribution in [3.8, 4) is 17.1 Å². The lowest BCUT2D eigenvalue weighted by atomic mass is 9.97. The quantitative estimate of drug-likeness (QED) is 0.267. The van der Waals surface area contributed by atoms with Crippen molar-refractivity contribution >= 4 is 23.7 Å². The summed E-state index contributed by atoms with van der Waals surface area (Å²) in [7, 11) is 0. The van der Waals surface area contributed by atoms with E-state index in [1.165, 1.54) is 18.3 Å². The lowest BCUT2D eigenvalue weighted by Gasteiger charge is -2.38. The van der Waals surface area contributed by atoms with Gasteiger partial charge in [0.1, 0.15) is 17.3 Å². The molecule has 0 saturated carbocycles. The third kappa shape index (κ3) is 6.40. The van der Waals surface area contributed by atoms with Crippen LogP contribution in [0, 0.1) is 10.1 Å². The van der Waals surface area contributed by atoms with Crippen LogP contribution in [0.5, 0.6) is 5.75 Å². The second-order valence-corrected chi connectivity index (χ2v) is 8.95. The van der Waals surface area contributed by atoms with Crippen molar-refractivity contribution < 1.29 is 23.7 Å². The fourth-order valence-electron chi connectivity index (χ4n) is 4.38. The fourth-order valence-corrected chi connectivity index (χ4v) is 4.38. The predicted octanol–water partition coefficient (Wildman–Crippen LogP) is 4.79. The number of benzene rings is 2. The minimum atomic E-state index is -0.467. The van der Waals surface area contributed by atoms with Crippen LogP contribution in [0.4, 0.5) is 5.69 Å². The Morgan fingerprint density at radius 2 is 1.76 bits per heavy atom. The molecule has 1 saturated heterocycles. The molecule has 2 heterocycles. The first kappa shape index (κ1) is 25.6. The van der Waals surface area contributed by atoms with Crippen molar-refractivity contribution in [1.82, 2.24) is 10.3 Å². The summed E-state index contributed by atoms with van der Waals surface area (Å²) in [6.07, 6.45) is 4.50. The van der Waals surface area contributed by atoms with Gasteiger partial charge in [0.2, 0.25) is 0 Å². The number of carbonyl (C=O) groups excluding carboxylic acids is 2. The van der Waals surface area contributed by atoms with Crippen molar-refractivity contribution in [2.75, 3.05) is 6.61 Å². The molecule has 2 aromatic carbocycles. The van der Waals surface area contributed by atoms with Gasteiger partial charge in [0.05, 0.1) is 11.1 Å². The molecule has 37 heavy (non-hydrogen) atoms. The van der Waals surface area contributed by atoms with Gasteiger partial charge in [0, 0.05) is 35.3 Å². The number of carbonyl (C=O) groups is 2. The van der Waals surface area contributed by atoms with Crippen LogP contribution in [-0.4, -0.2) is 46.5 Å². The van der Waals surface area contributed by atoms with Crippen molar-refractivity contribution in [2.45, 2.75) is 45.2 Å². The smallest absolute Gasteiger partial charge is 0.271 e. The minimum Gasteiger partial charge on any atom is -0.484 e. The molecular weight excluding hydrogens is 476 g/mol. The molecule has 10 heteroatoms. The Bertz CT molecular complexity index is 1270. The second kappa shape index (κ2) is 11.5. The summed E-state index contributed by atoms with van der Waals surface area (Å²) in [5.74, 6) is 0.961. The zero-order valence-electron chi connectivity index (χ0n) is 20.6. The monoisotopic (exact) mass is 504 g/mol. The first-order valence-electron chi connectivity index (χ1n) is 12.0. The average Bonchev–Trinajstić information content (AvgIpc) is 3.36. The lowest BCUT2D eigenvalue weighted by molar-refractivity contribution is -0.384. The van der Waals surface area contributed by atoms with Crippen LogP contribution >= 0.6 is 0 Å². The van der Waals surface area contributed by atoms with E-state index < -0.39 is 10.8 Å². The lowest BCUT2D eigenvalue weighted by Crippen LogP contribution is -2.49. The number of non-ortho nitro benzene ring substituents is 1. The number of nitrogens with zero attached hydrogens (tertiary/aromatic N) is 3. The third-order valence-electron chi connectivity index (χ3n) is 6.31. The van der Waals surface area contributed by atoms with Crippen LogP contribution in [0.15, 0.2) is 70.2 Å². The fraction of sp³-hybridized carbons (Fsp3) is 0.296. The summed E-state index contributed by atoms with van der Waals surface area (Å²) < 4.78 is 11.3. The maximum atomic E-state index is 12.6. The maximum Gasteiger partial charge on any atom is 0.271 e. The average molecular weight is 505 g/mol. The number of nitro benzene ring substituents is 1. The summed E-state index contributed by atoms with van der Waals surface area (Å²) >= 11 is 0. The Labute approximate surface area is 214 Å². The minimum absolute atomic E-state index is 0.00499. The highest BCUT2D eigenvalue weighted by molar-refractivity contribution is 5.94. The first-order chi connectivity index (χ1) is 17.8. The highest BCUT2D eigenvalue weighted by Crippen LogP contribution is 2.24. The first-order valence-corrected chi connectivity index (χ1v) is 12.0. The van der Waals surface area contributed by atoms with E-state index in [9.17, 15) is 19.7 Å². The van der Waals surface area contributed by atoms with E-state index in [2.05, 4.69) is 24.4 Å². The van der Waals surface area contributed by atoms with Gasteiger partial charge in [-0.05, 0) is 81.6 Å². The molecular formula is C27H28N4O6. The molecule has 192 valence electrons. The van der Waals surface area contributed by atoms with Gasteiger partial charge in [0.15, 0.2) is 6.61 Å². The van der Waals surface area contributed by atoms with E-state index in [0.29, 0.717) is 28.4 Å². The van der Waals surface area contributed by atoms with E-state index in [0.717, 1.165) is 19.3 Å². The van der Waals surface area contributed by atoms with Crippen LogP contribution in [0.1, 0.15) is 49.2 Å². The number of ether oxygens (including phenoxy) is 1. The van der Waals surface area contributed by atoms with Gasteiger partial charge >= 0.3 is 0 Å². The van der Waals surface area contributed by atoms with Crippen LogP contribution in [0.25, 0.3) is 11.3 Å².